The molecule has 0 spiro atoms. The van der Waals surface area contributed by atoms with Crippen molar-refractivity contribution in [3.63, 3.8) is 0 Å². The average Bonchev–Trinajstić information content (AvgIpc) is 2.81. The largest absolute Gasteiger partial charge is 0.508 e. The Bertz CT molecular complexity index is 454. The van der Waals surface area contributed by atoms with Gasteiger partial charge in [0, 0.05) is 18.7 Å². The summed E-state index contributed by atoms with van der Waals surface area (Å²) >= 11 is 0. The Morgan fingerprint density at radius 1 is 1.44 bits per heavy atom. The number of aryl methyl sites for hydroxylation is 1. The molecule has 1 unspecified atom stereocenters. The molecule has 2 rings (SSSR count). The fourth-order valence-corrected chi connectivity index (χ4v) is 2.44. The smallest absolute Gasteiger partial charge is 0.253 e. The molecule has 1 amide bonds. The van der Waals surface area contributed by atoms with Crippen molar-refractivity contribution in [3.05, 3.63) is 29.3 Å². The number of hydrogen-bond donors (Lipinski definition) is 1. The number of likely N-dealkylation sites (tertiary alicyclic amines) is 1. The Hall–Kier alpha value is -1.51. The number of carbonyl (C=O) groups is 1. The second-order valence-electron chi connectivity index (χ2n) is 5.55. The van der Waals surface area contributed by atoms with Crippen LogP contribution in [0.1, 0.15) is 36.2 Å². The number of amides is 1. The number of nitrogens with zero attached hydrogens (tertiary/aromatic N) is 1. The summed E-state index contributed by atoms with van der Waals surface area (Å²) in [5, 5.41) is 9.66. The molecule has 1 atom stereocenters. The van der Waals surface area contributed by atoms with Crippen molar-refractivity contribution in [2.75, 3.05) is 13.1 Å². The van der Waals surface area contributed by atoms with Crippen LogP contribution in [0.4, 0.5) is 0 Å². The van der Waals surface area contributed by atoms with Gasteiger partial charge in [0.1, 0.15) is 5.75 Å². The van der Waals surface area contributed by atoms with Gasteiger partial charge >= 0.3 is 0 Å². The van der Waals surface area contributed by atoms with Crippen LogP contribution in [-0.2, 0) is 0 Å². The molecular formula is C15H21NO2. The van der Waals surface area contributed by atoms with E-state index >= 15 is 0 Å². The summed E-state index contributed by atoms with van der Waals surface area (Å²) in [5.41, 5.74) is 1.38. The Labute approximate surface area is 108 Å². The van der Waals surface area contributed by atoms with E-state index in [1.165, 1.54) is 0 Å². The zero-order valence-electron chi connectivity index (χ0n) is 11.3. The summed E-state index contributed by atoms with van der Waals surface area (Å²) in [6.07, 6.45) is 1.08. The van der Waals surface area contributed by atoms with Gasteiger partial charge in [0.15, 0.2) is 0 Å². The highest BCUT2D eigenvalue weighted by Gasteiger charge is 2.28. The molecule has 1 aliphatic rings. The normalized spacial score (nSPS) is 19.6. The molecule has 1 aromatic carbocycles. The first-order valence-corrected chi connectivity index (χ1v) is 6.58. The van der Waals surface area contributed by atoms with Crippen LogP contribution in [-0.4, -0.2) is 29.0 Å². The third kappa shape index (κ3) is 2.50. The molecule has 0 saturated carbocycles. The maximum Gasteiger partial charge on any atom is 0.253 e. The van der Waals surface area contributed by atoms with E-state index in [9.17, 15) is 9.90 Å². The van der Waals surface area contributed by atoms with Crippen LogP contribution in [0.15, 0.2) is 18.2 Å². The van der Waals surface area contributed by atoms with E-state index < -0.39 is 0 Å². The predicted molar refractivity (Wildman–Crippen MR) is 71.7 cm³/mol. The summed E-state index contributed by atoms with van der Waals surface area (Å²) in [7, 11) is 0. The number of phenolic OH excluding ortho intramolecular Hbond substituents is 1. The molecule has 0 bridgehead atoms. The lowest BCUT2D eigenvalue weighted by Gasteiger charge is -2.18. The molecule has 0 aliphatic carbocycles. The van der Waals surface area contributed by atoms with E-state index in [1.54, 1.807) is 18.2 Å². The molecule has 3 nitrogen and oxygen atoms in total. The van der Waals surface area contributed by atoms with Gasteiger partial charge in [0.05, 0.1) is 0 Å². The highest BCUT2D eigenvalue weighted by Crippen LogP contribution is 2.26. The highest BCUT2D eigenvalue weighted by molar-refractivity contribution is 5.94. The number of aromatic hydroxyl groups is 1. The summed E-state index contributed by atoms with van der Waals surface area (Å²) in [6, 6.07) is 5.15. The molecule has 98 valence electrons. The quantitative estimate of drug-likeness (QED) is 0.873. The molecule has 1 fully saturated rings. The fourth-order valence-electron chi connectivity index (χ4n) is 2.44. The molecule has 1 heterocycles. The van der Waals surface area contributed by atoms with Gasteiger partial charge in [-0.2, -0.15) is 0 Å². The fraction of sp³-hybridized carbons (Fsp3) is 0.533. The van der Waals surface area contributed by atoms with E-state index in [0.717, 1.165) is 25.1 Å². The van der Waals surface area contributed by atoms with Gasteiger partial charge in [-0.25, -0.2) is 0 Å². The number of phenols is 1. The molecule has 0 radical (unpaired) electrons. The van der Waals surface area contributed by atoms with Crippen molar-refractivity contribution in [3.8, 4) is 5.75 Å². The van der Waals surface area contributed by atoms with Gasteiger partial charge in [-0.05, 0) is 42.9 Å². The lowest BCUT2D eigenvalue weighted by Crippen LogP contribution is -2.29. The van der Waals surface area contributed by atoms with E-state index in [4.69, 9.17) is 0 Å². The summed E-state index contributed by atoms with van der Waals surface area (Å²) in [5.74, 6) is 1.45. The zero-order chi connectivity index (χ0) is 13.3. The highest BCUT2D eigenvalue weighted by atomic mass is 16.3. The van der Waals surface area contributed by atoms with Crippen LogP contribution in [0.2, 0.25) is 0 Å². The average molecular weight is 247 g/mol. The number of benzene rings is 1. The van der Waals surface area contributed by atoms with E-state index in [2.05, 4.69) is 13.8 Å². The molecule has 0 aromatic heterocycles. The van der Waals surface area contributed by atoms with Crippen molar-refractivity contribution in [1.82, 2.24) is 4.90 Å². The maximum atomic E-state index is 12.3. The number of carbonyl (C=O) groups excluding carboxylic acids is 1. The second kappa shape index (κ2) is 5.01. The molecule has 1 N–H and O–H groups in total. The molecule has 1 aromatic rings. The summed E-state index contributed by atoms with van der Waals surface area (Å²) in [6.45, 7) is 7.91. The van der Waals surface area contributed by atoms with Gasteiger partial charge in [0.25, 0.3) is 5.91 Å². The molecule has 1 aliphatic heterocycles. The SMILES string of the molecule is Cc1ccc(C(=O)N2CCC(C(C)C)C2)cc1O. The van der Waals surface area contributed by atoms with E-state index in [-0.39, 0.29) is 11.7 Å². The lowest BCUT2D eigenvalue weighted by atomic mass is 9.95. The van der Waals surface area contributed by atoms with Crippen LogP contribution in [0, 0.1) is 18.8 Å². The van der Waals surface area contributed by atoms with Gasteiger partial charge in [-0.15, -0.1) is 0 Å². The lowest BCUT2D eigenvalue weighted by molar-refractivity contribution is 0.0783. The van der Waals surface area contributed by atoms with Gasteiger partial charge < -0.3 is 10.0 Å². The Balaban J connectivity index is 2.10. The molecular weight excluding hydrogens is 226 g/mol. The minimum Gasteiger partial charge on any atom is -0.508 e. The minimum atomic E-state index is 0.0356. The van der Waals surface area contributed by atoms with Crippen LogP contribution in [0.3, 0.4) is 0 Å². The Kier molecular flexibility index (Phi) is 3.60. The Morgan fingerprint density at radius 2 is 2.17 bits per heavy atom. The maximum absolute atomic E-state index is 12.3. The van der Waals surface area contributed by atoms with Gasteiger partial charge in [0.2, 0.25) is 0 Å². The first kappa shape index (κ1) is 12.9. The van der Waals surface area contributed by atoms with Crippen LogP contribution in [0.25, 0.3) is 0 Å². The summed E-state index contributed by atoms with van der Waals surface area (Å²) in [4.78, 5) is 14.2. The van der Waals surface area contributed by atoms with Crippen molar-refractivity contribution in [2.45, 2.75) is 27.2 Å². The van der Waals surface area contributed by atoms with Crippen molar-refractivity contribution in [1.29, 1.82) is 0 Å². The third-order valence-corrected chi connectivity index (χ3v) is 3.91. The van der Waals surface area contributed by atoms with E-state index in [0.29, 0.717) is 17.4 Å². The molecule has 1 saturated heterocycles. The van der Waals surface area contributed by atoms with Crippen LogP contribution >= 0.6 is 0 Å². The van der Waals surface area contributed by atoms with Gasteiger partial charge in [-0.1, -0.05) is 19.9 Å². The Morgan fingerprint density at radius 3 is 2.72 bits per heavy atom. The van der Waals surface area contributed by atoms with Crippen LogP contribution in [0.5, 0.6) is 5.75 Å². The second-order valence-corrected chi connectivity index (χ2v) is 5.55. The minimum absolute atomic E-state index is 0.0356. The van der Waals surface area contributed by atoms with Crippen LogP contribution < -0.4 is 0 Å². The third-order valence-electron chi connectivity index (χ3n) is 3.91. The monoisotopic (exact) mass is 247 g/mol. The standard InChI is InChI=1S/C15H21NO2/c1-10(2)13-6-7-16(9-13)15(18)12-5-4-11(3)14(17)8-12/h4-5,8,10,13,17H,6-7,9H2,1-3H3. The van der Waals surface area contributed by atoms with E-state index in [1.807, 2.05) is 11.8 Å². The van der Waals surface area contributed by atoms with Crippen molar-refractivity contribution in [2.24, 2.45) is 11.8 Å². The number of hydrogen-bond acceptors (Lipinski definition) is 2. The first-order chi connectivity index (χ1) is 8.49. The predicted octanol–water partition coefficient (Wildman–Crippen LogP) is 2.82. The first-order valence-electron chi connectivity index (χ1n) is 6.58. The van der Waals surface area contributed by atoms with Crippen molar-refractivity contribution < 1.29 is 9.90 Å². The zero-order valence-corrected chi connectivity index (χ0v) is 11.3. The number of rotatable bonds is 2. The molecule has 3 heteroatoms. The van der Waals surface area contributed by atoms with Gasteiger partial charge in [-0.3, -0.25) is 4.79 Å². The summed E-state index contributed by atoms with van der Waals surface area (Å²) < 4.78 is 0. The topological polar surface area (TPSA) is 40.5 Å². The van der Waals surface area contributed by atoms with Crippen molar-refractivity contribution >= 4 is 5.91 Å². The molecule has 18 heavy (non-hydrogen) atoms.